The summed E-state index contributed by atoms with van der Waals surface area (Å²) in [6, 6.07) is 3.66. The molecule has 3 N–H and O–H groups in total. The first-order chi connectivity index (χ1) is 9.72. The largest absolute Gasteiger partial charge is 0.467 e. The smallest absolute Gasteiger partial charge is 0.209 e. The average molecular weight is 316 g/mol. The molecule has 0 aliphatic heterocycles. The first-order valence-corrected chi connectivity index (χ1v) is 8.64. The number of guanidine groups is 1. The second-order valence-corrected chi connectivity index (χ2v) is 7.13. The van der Waals surface area contributed by atoms with Crippen molar-refractivity contribution in [2.75, 3.05) is 19.3 Å². The van der Waals surface area contributed by atoms with E-state index in [2.05, 4.69) is 20.3 Å². The lowest BCUT2D eigenvalue weighted by atomic mass is 10.1. The summed E-state index contributed by atoms with van der Waals surface area (Å²) in [4.78, 5) is 4.38. The van der Waals surface area contributed by atoms with Gasteiger partial charge in [0.15, 0.2) is 5.96 Å². The van der Waals surface area contributed by atoms with Crippen molar-refractivity contribution in [3.63, 3.8) is 0 Å². The maximum atomic E-state index is 11.3. The van der Waals surface area contributed by atoms with Crippen LogP contribution in [0.5, 0.6) is 0 Å². The molecule has 0 aliphatic rings. The topological polar surface area (TPSA) is 95.7 Å². The van der Waals surface area contributed by atoms with Gasteiger partial charge in [0.2, 0.25) is 10.0 Å². The van der Waals surface area contributed by atoms with Crippen LogP contribution in [-0.2, 0) is 16.6 Å². The van der Waals surface area contributed by atoms with Crippen molar-refractivity contribution in [1.29, 1.82) is 0 Å². The standard InChI is InChI=1S/C13H24N4O3S/c1-5-14-12(15-9-11-7-6-8-20-11)16-10-13(2,3)17-21(4,18)19/h6-8,17H,5,9-10H2,1-4H3,(H2,14,15,16). The van der Waals surface area contributed by atoms with Gasteiger partial charge in [0.25, 0.3) is 0 Å². The van der Waals surface area contributed by atoms with Crippen molar-refractivity contribution < 1.29 is 12.8 Å². The molecule has 8 heteroatoms. The maximum absolute atomic E-state index is 11.3. The van der Waals surface area contributed by atoms with E-state index in [1.54, 1.807) is 20.1 Å². The molecular weight excluding hydrogens is 292 g/mol. The zero-order valence-corrected chi connectivity index (χ0v) is 13.8. The molecule has 0 aromatic carbocycles. The fourth-order valence-electron chi connectivity index (χ4n) is 1.74. The van der Waals surface area contributed by atoms with E-state index >= 15 is 0 Å². The zero-order chi connectivity index (χ0) is 15.9. The van der Waals surface area contributed by atoms with Crippen LogP contribution < -0.4 is 15.4 Å². The fraction of sp³-hybridized carbons (Fsp3) is 0.615. The zero-order valence-electron chi connectivity index (χ0n) is 12.9. The third-order valence-corrected chi connectivity index (χ3v) is 3.40. The second kappa shape index (κ2) is 7.46. The van der Waals surface area contributed by atoms with E-state index in [9.17, 15) is 8.42 Å². The minimum Gasteiger partial charge on any atom is -0.467 e. The van der Waals surface area contributed by atoms with Crippen molar-refractivity contribution in [2.45, 2.75) is 32.9 Å². The third-order valence-electron chi connectivity index (χ3n) is 2.48. The van der Waals surface area contributed by atoms with Gasteiger partial charge in [-0.3, -0.25) is 0 Å². The number of nitrogens with one attached hydrogen (secondary N) is 3. The highest BCUT2D eigenvalue weighted by Gasteiger charge is 2.22. The Bertz CT molecular complexity index is 550. The van der Waals surface area contributed by atoms with Crippen LogP contribution in [-0.4, -0.2) is 39.3 Å². The molecule has 0 amide bonds. The lowest BCUT2D eigenvalue weighted by Gasteiger charge is -2.26. The number of sulfonamides is 1. The molecule has 7 nitrogen and oxygen atoms in total. The molecule has 0 atom stereocenters. The van der Waals surface area contributed by atoms with E-state index in [1.165, 1.54) is 0 Å². The number of nitrogens with zero attached hydrogens (tertiary/aromatic N) is 1. The van der Waals surface area contributed by atoms with Gasteiger partial charge in [0.05, 0.1) is 12.5 Å². The molecule has 1 heterocycles. The maximum Gasteiger partial charge on any atom is 0.209 e. The van der Waals surface area contributed by atoms with E-state index in [-0.39, 0.29) is 0 Å². The van der Waals surface area contributed by atoms with E-state index in [4.69, 9.17) is 4.42 Å². The lowest BCUT2D eigenvalue weighted by Crippen LogP contribution is -2.53. The first-order valence-electron chi connectivity index (χ1n) is 6.75. The van der Waals surface area contributed by atoms with E-state index < -0.39 is 15.6 Å². The van der Waals surface area contributed by atoms with Crippen molar-refractivity contribution in [2.24, 2.45) is 4.99 Å². The molecule has 1 rings (SSSR count). The third kappa shape index (κ3) is 7.72. The Morgan fingerprint density at radius 1 is 1.38 bits per heavy atom. The summed E-state index contributed by atoms with van der Waals surface area (Å²) in [6.45, 7) is 7.11. The number of hydrogen-bond donors (Lipinski definition) is 3. The molecule has 0 radical (unpaired) electrons. The molecule has 0 spiro atoms. The van der Waals surface area contributed by atoms with Crippen molar-refractivity contribution >= 4 is 16.0 Å². The van der Waals surface area contributed by atoms with E-state index in [1.807, 2.05) is 19.1 Å². The molecular formula is C13H24N4O3S. The molecule has 0 bridgehead atoms. The van der Waals surface area contributed by atoms with Crippen LogP contribution in [0, 0.1) is 0 Å². The number of rotatable bonds is 7. The predicted molar refractivity (Wildman–Crippen MR) is 83.6 cm³/mol. The predicted octanol–water partition coefficient (Wildman–Crippen LogP) is 0.663. The van der Waals surface area contributed by atoms with Crippen LogP contribution >= 0.6 is 0 Å². The molecule has 0 saturated carbocycles. The minimum absolute atomic E-state index is 0.407. The summed E-state index contributed by atoms with van der Waals surface area (Å²) >= 11 is 0. The Balaban J connectivity index is 2.59. The molecule has 120 valence electrons. The lowest BCUT2D eigenvalue weighted by molar-refractivity contribution is 0.446. The van der Waals surface area contributed by atoms with Gasteiger partial charge in [0.1, 0.15) is 12.3 Å². The van der Waals surface area contributed by atoms with E-state index in [0.29, 0.717) is 25.6 Å². The van der Waals surface area contributed by atoms with Crippen LogP contribution in [0.1, 0.15) is 26.5 Å². The summed E-state index contributed by atoms with van der Waals surface area (Å²) in [7, 11) is -3.26. The SMILES string of the molecule is CCNC(=NCc1ccco1)NCC(C)(C)NS(C)(=O)=O. The quantitative estimate of drug-likeness (QED) is 0.507. The van der Waals surface area contributed by atoms with Gasteiger partial charge in [-0.1, -0.05) is 0 Å². The van der Waals surface area contributed by atoms with Crippen LogP contribution in [0.25, 0.3) is 0 Å². The average Bonchev–Trinajstić information content (AvgIpc) is 2.83. The molecule has 21 heavy (non-hydrogen) atoms. The van der Waals surface area contributed by atoms with Crippen molar-refractivity contribution in [3.05, 3.63) is 24.2 Å². The summed E-state index contributed by atoms with van der Waals surface area (Å²) in [5.41, 5.74) is -0.617. The van der Waals surface area contributed by atoms with Gasteiger partial charge in [-0.25, -0.2) is 18.1 Å². The van der Waals surface area contributed by atoms with Gasteiger partial charge >= 0.3 is 0 Å². The molecule has 0 aliphatic carbocycles. The monoisotopic (exact) mass is 316 g/mol. The molecule has 0 fully saturated rings. The van der Waals surface area contributed by atoms with Crippen LogP contribution in [0.3, 0.4) is 0 Å². The first kappa shape index (κ1) is 17.5. The highest BCUT2D eigenvalue weighted by molar-refractivity contribution is 7.88. The Labute approximate surface area is 126 Å². The van der Waals surface area contributed by atoms with Crippen LogP contribution in [0.2, 0.25) is 0 Å². The van der Waals surface area contributed by atoms with Crippen LogP contribution in [0.15, 0.2) is 27.8 Å². The summed E-state index contributed by atoms with van der Waals surface area (Å²) in [5.74, 6) is 1.37. The molecule has 0 saturated heterocycles. The molecule has 0 unspecified atom stereocenters. The van der Waals surface area contributed by atoms with Crippen molar-refractivity contribution in [1.82, 2.24) is 15.4 Å². The molecule has 1 aromatic heterocycles. The van der Waals surface area contributed by atoms with Gasteiger partial charge in [-0.2, -0.15) is 0 Å². The van der Waals surface area contributed by atoms with Gasteiger partial charge in [0, 0.05) is 18.6 Å². The summed E-state index contributed by atoms with van der Waals surface area (Å²) in [5, 5.41) is 6.22. The van der Waals surface area contributed by atoms with Gasteiger partial charge in [-0.15, -0.1) is 0 Å². The number of hydrogen-bond acceptors (Lipinski definition) is 4. The Morgan fingerprint density at radius 3 is 2.62 bits per heavy atom. The van der Waals surface area contributed by atoms with Gasteiger partial charge in [-0.05, 0) is 32.9 Å². The highest BCUT2D eigenvalue weighted by Crippen LogP contribution is 2.03. The second-order valence-electron chi connectivity index (χ2n) is 5.39. The normalized spacial score (nSPS) is 13.2. The summed E-state index contributed by atoms with van der Waals surface area (Å²) in [6.07, 6.45) is 2.75. The minimum atomic E-state index is -3.26. The van der Waals surface area contributed by atoms with Crippen molar-refractivity contribution in [3.8, 4) is 0 Å². The number of aliphatic imine (C=N–C) groups is 1. The van der Waals surface area contributed by atoms with E-state index in [0.717, 1.165) is 12.0 Å². The van der Waals surface area contributed by atoms with Crippen LogP contribution in [0.4, 0.5) is 0 Å². The Hall–Kier alpha value is -1.54. The number of furan rings is 1. The Kier molecular flexibility index (Phi) is 6.22. The summed E-state index contributed by atoms with van der Waals surface area (Å²) < 4.78 is 30.4. The fourth-order valence-corrected chi connectivity index (χ4v) is 2.82. The van der Waals surface area contributed by atoms with Gasteiger partial charge < -0.3 is 15.1 Å². The highest BCUT2D eigenvalue weighted by atomic mass is 32.2. The molecule has 1 aromatic rings. The Morgan fingerprint density at radius 2 is 2.10 bits per heavy atom.